The van der Waals surface area contributed by atoms with Gasteiger partial charge in [-0.15, -0.1) is 11.3 Å². The molecule has 4 rings (SSSR count). The first-order valence-corrected chi connectivity index (χ1v) is 11.7. The molecule has 0 atom stereocenters. The van der Waals surface area contributed by atoms with Crippen LogP contribution >= 0.6 is 23.6 Å². The van der Waals surface area contributed by atoms with Crippen molar-refractivity contribution in [1.82, 2.24) is 10.3 Å². The Hall–Kier alpha value is -3.75. The second-order valence-corrected chi connectivity index (χ2v) is 9.51. The average Bonchev–Trinajstić information content (AvgIpc) is 3.31. The van der Waals surface area contributed by atoms with Crippen LogP contribution in [0.25, 0.3) is 4.85 Å². The normalized spacial score (nSPS) is 14.9. The SMILES string of the molecule is [C-]#[N+]c1ccc(N2C(=O)C(C)(C)N(c3ccc(CNC(=O)c4scnc4C)c(F)c3)C2=S)cc1F. The Morgan fingerprint density at radius 2 is 1.89 bits per heavy atom. The molecule has 1 N–H and O–H groups in total. The standard InChI is InChI=1S/C24H19F2N5O2S2/c1-13-20(35-12-29-13)21(32)28-11-14-5-6-16(10-17(14)25)31-23(34)30(22(33)24(31,2)3)15-7-8-19(27-4)18(26)9-15/h5-10,12H,11H2,1-3H3,(H,28,32). The van der Waals surface area contributed by atoms with Crippen molar-refractivity contribution in [3.8, 4) is 0 Å². The Balaban J connectivity index is 1.59. The number of carbonyl (C=O) groups is 2. The molecule has 7 nitrogen and oxygen atoms in total. The Morgan fingerprint density at radius 3 is 2.49 bits per heavy atom. The van der Waals surface area contributed by atoms with Crippen LogP contribution in [0.4, 0.5) is 25.8 Å². The van der Waals surface area contributed by atoms with Gasteiger partial charge >= 0.3 is 0 Å². The number of thiazole rings is 1. The maximum Gasteiger partial charge on any atom is 0.263 e. The fraction of sp³-hybridized carbons (Fsp3) is 0.208. The van der Waals surface area contributed by atoms with Gasteiger partial charge in [-0.1, -0.05) is 12.1 Å². The van der Waals surface area contributed by atoms with Crippen molar-refractivity contribution in [2.75, 3.05) is 9.80 Å². The fourth-order valence-corrected chi connectivity index (χ4v) is 5.02. The Kier molecular flexibility index (Phi) is 6.36. The van der Waals surface area contributed by atoms with E-state index in [1.807, 2.05) is 0 Å². The van der Waals surface area contributed by atoms with Crippen molar-refractivity contribution in [3.63, 3.8) is 0 Å². The molecule has 0 radical (unpaired) electrons. The van der Waals surface area contributed by atoms with E-state index in [0.717, 1.165) is 6.07 Å². The minimum atomic E-state index is -1.18. The maximum atomic E-state index is 15.0. The van der Waals surface area contributed by atoms with Gasteiger partial charge in [-0.05, 0) is 57.3 Å². The van der Waals surface area contributed by atoms with Crippen LogP contribution in [0.5, 0.6) is 0 Å². The first-order valence-electron chi connectivity index (χ1n) is 10.4. The third-order valence-electron chi connectivity index (χ3n) is 5.66. The van der Waals surface area contributed by atoms with E-state index in [-0.39, 0.29) is 34.5 Å². The monoisotopic (exact) mass is 511 g/mol. The second kappa shape index (κ2) is 9.13. The van der Waals surface area contributed by atoms with Gasteiger partial charge in [0.15, 0.2) is 5.11 Å². The molecule has 11 heteroatoms. The zero-order chi connectivity index (χ0) is 25.5. The van der Waals surface area contributed by atoms with E-state index in [0.29, 0.717) is 16.3 Å². The third kappa shape index (κ3) is 4.26. The molecule has 2 aromatic carbocycles. The van der Waals surface area contributed by atoms with Gasteiger partial charge in [-0.2, -0.15) is 0 Å². The predicted molar refractivity (Wildman–Crippen MR) is 134 cm³/mol. The molecule has 178 valence electrons. The lowest BCUT2D eigenvalue weighted by Gasteiger charge is -2.29. The van der Waals surface area contributed by atoms with Crippen LogP contribution in [0.3, 0.4) is 0 Å². The number of anilines is 2. The van der Waals surface area contributed by atoms with Gasteiger partial charge in [-0.25, -0.2) is 18.6 Å². The minimum absolute atomic E-state index is 0.0339. The second-order valence-electron chi connectivity index (χ2n) is 8.29. The predicted octanol–water partition coefficient (Wildman–Crippen LogP) is 5.13. The van der Waals surface area contributed by atoms with Crippen LogP contribution in [0.2, 0.25) is 0 Å². The summed E-state index contributed by atoms with van der Waals surface area (Å²) in [6.45, 7) is 12.0. The van der Waals surface area contributed by atoms with Crippen LogP contribution in [-0.4, -0.2) is 27.4 Å². The number of carbonyl (C=O) groups excluding carboxylic acids is 2. The highest BCUT2D eigenvalue weighted by Crippen LogP contribution is 2.37. The Morgan fingerprint density at radius 1 is 1.20 bits per heavy atom. The number of nitrogens with one attached hydrogen (secondary N) is 1. The van der Waals surface area contributed by atoms with Gasteiger partial charge in [0.05, 0.1) is 23.5 Å². The topological polar surface area (TPSA) is 69.9 Å². The van der Waals surface area contributed by atoms with Gasteiger partial charge in [0.25, 0.3) is 11.8 Å². The van der Waals surface area contributed by atoms with Gasteiger partial charge in [0.2, 0.25) is 5.69 Å². The molecule has 1 fully saturated rings. The van der Waals surface area contributed by atoms with E-state index in [2.05, 4.69) is 15.1 Å². The quantitative estimate of drug-likeness (QED) is 0.380. The fourth-order valence-electron chi connectivity index (χ4n) is 3.78. The molecule has 2 heterocycles. The molecular weight excluding hydrogens is 492 g/mol. The lowest BCUT2D eigenvalue weighted by atomic mass is 10.0. The molecule has 1 saturated heterocycles. The summed E-state index contributed by atoms with van der Waals surface area (Å²) in [7, 11) is 0. The van der Waals surface area contributed by atoms with E-state index < -0.39 is 23.1 Å². The number of amides is 2. The summed E-state index contributed by atoms with van der Waals surface area (Å²) in [6.07, 6.45) is 0. The van der Waals surface area contributed by atoms with Crippen molar-refractivity contribution in [2.24, 2.45) is 0 Å². The number of halogens is 2. The first-order chi connectivity index (χ1) is 16.6. The van der Waals surface area contributed by atoms with Crippen LogP contribution < -0.4 is 15.1 Å². The molecule has 3 aromatic rings. The molecule has 0 spiro atoms. The summed E-state index contributed by atoms with van der Waals surface area (Å²) in [5.74, 6) is -2.11. The highest BCUT2D eigenvalue weighted by Gasteiger charge is 2.50. The summed E-state index contributed by atoms with van der Waals surface area (Å²) < 4.78 is 29.2. The summed E-state index contributed by atoms with van der Waals surface area (Å²) in [5.41, 5.74) is 1.59. The molecule has 0 saturated carbocycles. The zero-order valence-electron chi connectivity index (χ0n) is 18.9. The van der Waals surface area contributed by atoms with Crippen molar-refractivity contribution in [2.45, 2.75) is 32.9 Å². The van der Waals surface area contributed by atoms with E-state index >= 15 is 4.39 Å². The number of rotatable bonds is 5. The van der Waals surface area contributed by atoms with Crippen LogP contribution in [0.1, 0.15) is 34.8 Å². The van der Waals surface area contributed by atoms with Gasteiger partial charge in [-0.3, -0.25) is 14.5 Å². The lowest BCUT2D eigenvalue weighted by Crippen LogP contribution is -2.44. The summed E-state index contributed by atoms with van der Waals surface area (Å²) >= 11 is 6.74. The summed E-state index contributed by atoms with van der Waals surface area (Å²) in [6, 6.07) is 8.16. The van der Waals surface area contributed by atoms with E-state index in [9.17, 15) is 14.0 Å². The summed E-state index contributed by atoms with van der Waals surface area (Å²) in [5, 5.41) is 2.73. The van der Waals surface area contributed by atoms with Crippen molar-refractivity contribution >= 4 is 57.5 Å². The van der Waals surface area contributed by atoms with E-state index in [1.54, 1.807) is 32.3 Å². The number of hydrogen-bond donors (Lipinski definition) is 1. The van der Waals surface area contributed by atoms with Crippen LogP contribution in [0.15, 0.2) is 41.9 Å². The first kappa shape index (κ1) is 24.4. The van der Waals surface area contributed by atoms with Crippen molar-refractivity contribution in [3.05, 3.63) is 81.1 Å². The van der Waals surface area contributed by atoms with Gasteiger partial charge < -0.3 is 10.2 Å². The Labute approximate surface area is 209 Å². The zero-order valence-corrected chi connectivity index (χ0v) is 20.6. The lowest BCUT2D eigenvalue weighted by molar-refractivity contribution is -0.120. The van der Waals surface area contributed by atoms with E-state index in [1.165, 1.54) is 45.4 Å². The summed E-state index contributed by atoms with van der Waals surface area (Å²) in [4.78, 5) is 35.8. The van der Waals surface area contributed by atoms with Crippen LogP contribution in [-0.2, 0) is 11.3 Å². The largest absolute Gasteiger partial charge is 0.347 e. The van der Waals surface area contributed by atoms with Crippen molar-refractivity contribution in [1.29, 1.82) is 0 Å². The number of aromatic nitrogens is 1. The third-order valence-corrected chi connectivity index (χ3v) is 6.96. The molecule has 2 amide bonds. The van der Waals surface area contributed by atoms with Gasteiger partial charge in [0.1, 0.15) is 22.1 Å². The van der Waals surface area contributed by atoms with E-state index in [4.69, 9.17) is 18.8 Å². The molecule has 0 unspecified atom stereocenters. The molecule has 0 aliphatic carbocycles. The number of aryl methyl sites for hydroxylation is 1. The molecule has 1 aliphatic rings. The van der Waals surface area contributed by atoms with Crippen LogP contribution in [0, 0.1) is 25.1 Å². The number of nitrogens with zero attached hydrogens (tertiary/aromatic N) is 4. The molecule has 35 heavy (non-hydrogen) atoms. The molecule has 0 bridgehead atoms. The highest BCUT2D eigenvalue weighted by molar-refractivity contribution is 7.81. The maximum absolute atomic E-state index is 15.0. The molecule has 1 aromatic heterocycles. The number of benzene rings is 2. The highest BCUT2D eigenvalue weighted by atomic mass is 32.1. The van der Waals surface area contributed by atoms with Crippen molar-refractivity contribution < 1.29 is 18.4 Å². The minimum Gasteiger partial charge on any atom is -0.347 e. The molecular formula is C24H19F2N5O2S2. The number of thiocarbonyl (C=S) groups is 1. The smallest absolute Gasteiger partial charge is 0.263 e. The molecule has 1 aliphatic heterocycles. The average molecular weight is 512 g/mol. The Bertz CT molecular complexity index is 1410. The number of hydrogen-bond acceptors (Lipinski definition) is 5. The van der Waals surface area contributed by atoms with Gasteiger partial charge in [0, 0.05) is 17.8 Å².